The Balaban J connectivity index is 0.00000110. The molecule has 0 bridgehead atoms. The number of hydrogen-bond acceptors (Lipinski definition) is 4. The summed E-state index contributed by atoms with van der Waals surface area (Å²) in [6, 6.07) is 5.66. The van der Waals surface area contributed by atoms with Crippen LogP contribution in [0.15, 0.2) is 24.4 Å². The Morgan fingerprint density at radius 2 is 2.19 bits per heavy atom. The van der Waals surface area contributed by atoms with Crippen molar-refractivity contribution in [2.75, 3.05) is 6.54 Å². The molecule has 1 saturated heterocycles. The predicted molar refractivity (Wildman–Crippen MR) is 85.0 cm³/mol. The number of carbonyl (C=O) groups is 1. The van der Waals surface area contributed by atoms with E-state index in [4.69, 9.17) is 0 Å². The van der Waals surface area contributed by atoms with Gasteiger partial charge in [-0.1, -0.05) is 12.5 Å². The lowest BCUT2D eigenvalue weighted by molar-refractivity contribution is -0.123. The Morgan fingerprint density at radius 3 is 2.95 bits per heavy atom. The van der Waals surface area contributed by atoms with Crippen LogP contribution in [0.5, 0.6) is 0 Å². The Bertz CT molecular complexity index is 583. The molecule has 0 radical (unpaired) electrons. The highest BCUT2D eigenvalue weighted by Gasteiger charge is 2.20. The van der Waals surface area contributed by atoms with Crippen LogP contribution in [0.4, 0.5) is 0 Å². The number of nitrogens with one attached hydrogen (secondary N) is 2. The quantitative estimate of drug-likeness (QED) is 0.890. The molecule has 1 amide bonds. The van der Waals surface area contributed by atoms with Gasteiger partial charge in [0.25, 0.3) is 0 Å². The summed E-state index contributed by atoms with van der Waals surface area (Å²) >= 11 is 0. The first-order valence-electron chi connectivity index (χ1n) is 6.64. The van der Waals surface area contributed by atoms with Gasteiger partial charge < -0.3 is 10.6 Å². The normalized spacial score (nSPS) is 17.6. The molecule has 1 aliphatic rings. The second-order valence-corrected chi connectivity index (χ2v) is 4.77. The summed E-state index contributed by atoms with van der Waals surface area (Å²) < 4.78 is 1.88. The Morgan fingerprint density at radius 1 is 1.33 bits per heavy atom. The van der Waals surface area contributed by atoms with Crippen LogP contribution in [-0.4, -0.2) is 33.1 Å². The Hall–Kier alpha value is -1.37. The molecule has 3 rings (SSSR count). The fourth-order valence-corrected chi connectivity index (χ4v) is 2.38. The fourth-order valence-electron chi connectivity index (χ4n) is 2.38. The molecule has 2 aromatic heterocycles. The van der Waals surface area contributed by atoms with E-state index in [0.717, 1.165) is 37.3 Å². The van der Waals surface area contributed by atoms with Crippen molar-refractivity contribution in [3.63, 3.8) is 0 Å². The van der Waals surface area contributed by atoms with E-state index in [1.165, 1.54) is 0 Å². The SMILES string of the molecule is Cl.Cl.O=C(NCc1nnc2ccccn12)[C@@H]1CCCCN1. The molecule has 1 atom stereocenters. The van der Waals surface area contributed by atoms with Crippen LogP contribution in [0.3, 0.4) is 0 Å². The molecule has 116 valence electrons. The van der Waals surface area contributed by atoms with Gasteiger partial charge in [0.2, 0.25) is 5.91 Å². The van der Waals surface area contributed by atoms with Crippen LogP contribution in [0, 0.1) is 0 Å². The number of rotatable bonds is 3. The number of hydrogen-bond donors (Lipinski definition) is 2. The number of carbonyl (C=O) groups excluding carboxylic acids is 1. The van der Waals surface area contributed by atoms with Crippen molar-refractivity contribution >= 4 is 36.4 Å². The van der Waals surface area contributed by atoms with Crippen molar-refractivity contribution in [1.29, 1.82) is 0 Å². The lowest BCUT2D eigenvalue weighted by Crippen LogP contribution is -2.46. The lowest BCUT2D eigenvalue weighted by Gasteiger charge is -2.22. The van der Waals surface area contributed by atoms with E-state index in [1.54, 1.807) is 0 Å². The number of fused-ring (bicyclic) bond motifs is 1. The minimum atomic E-state index is -0.0621. The molecule has 1 aliphatic heterocycles. The number of pyridine rings is 1. The van der Waals surface area contributed by atoms with Crippen molar-refractivity contribution in [1.82, 2.24) is 25.2 Å². The predicted octanol–water partition coefficient (Wildman–Crippen LogP) is 1.33. The van der Waals surface area contributed by atoms with Crippen molar-refractivity contribution in [3.05, 3.63) is 30.2 Å². The molecule has 3 heterocycles. The molecule has 21 heavy (non-hydrogen) atoms. The van der Waals surface area contributed by atoms with Gasteiger partial charge in [-0.15, -0.1) is 35.0 Å². The van der Waals surface area contributed by atoms with Crippen molar-refractivity contribution in [2.45, 2.75) is 31.8 Å². The smallest absolute Gasteiger partial charge is 0.237 e. The highest BCUT2D eigenvalue weighted by Crippen LogP contribution is 2.07. The molecule has 0 aliphatic carbocycles. The molecule has 6 nitrogen and oxygen atoms in total. The lowest BCUT2D eigenvalue weighted by atomic mass is 10.0. The second kappa shape index (κ2) is 8.17. The van der Waals surface area contributed by atoms with Gasteiger partial charge in [-0.05, 0) is 31.5 Å². The second-order valence-electron chi connectivity index (χ2n) is 4.77. The van der Waals surface area contributed by atoms with Gasteiger partial charge in [0.15, 0.2) is 11.5 Å². The minimum Gasteiger partial charge on any atom is -0.347 e. The molecule has 2 N–H and O–H groups in total. The topological polar surface area (TPSA) is 71.3 Å². The number of amides is 1. The van der Waals surface area contributed by atoms with E-state index in [1.807, 2.05) is 28.8 Å². The summed E-state index contributed by atoms with van der Waals surface area (Å²) in [7, 11) is 0. The maximum atomic E-state index is 12.0. The van der Waals surface area contributed by atoms with E-state index in [-0.39, 0.29) is 36.8 Å². The molecule has 8 heteroatoms. The first-order valence-corrected chi connectivity index (χ1v) is 6.64. The first kappa shape index (κ1) is 17.7. The third-order valence-electron chi connectivity index (χ3n) is 3.43. The zero-order chi connectivity index (χ0) is 13.1. The fraction of sp³-hybridized carbons (Fsp3) is 0.462. The van der Waals surface area contributed by atoms with Gasteiger partial charge in [0.1, 0.15) is 0 Å². The number of halogens is 2. The van der Waals surface area contributed by atoms with Crippen LogP contribution in [-0.2, 0) is 11.3 Å². The zero-order valence-electron chi connectivity index (χ0n) is 11.5. The maximum absolute atomic E-state index is 12.0. The highest BCUT2D eigenvalue weighted by molar-refractivity contribution is 5.85. The minimum absolute atomic E-state index is 0. The molecule has 0 unspecified atom stereocenters. The molecular weight excluding hydrogens is 313 g/mol. The van der Waals surface area contributed by atoms with Crippen LogP contribution >= 0.6 is 24.8 Å². The summed E-state index contributed by atoms with van der Waals surface area (Å²) in [5.41, 5.74) is 0.794. The van der Waals surface area contributed by atoms with Gasteiger partial charge >= 0.3 is 0 Å². The number of nitrogens with zero attached hydrogens (tertiary/aromatic N) is 3. The molecule has 0 spiro atoms. The average molecular weight is 332 g/mol. The van der Waals surface area contributed by atoms with Gasteiger partial charge in [0, 0.05) is 6.20 Å². The van der Waals surface area contributed by atoms with E-state index in [9.17, 15) is 4.79 Å². The molecule has 1 fully saturated rings. The third-order valence-corrected chi connectivity index (χ3v) is 3.43. The largest absolute Gasteiger partial charge is 0.347 e. The van der Waals surface area contributed by atoms with E-state index in [2.05, 4.69) is 20.8 Å². The summed E-state index contributed by atoms with van der Waals surface area (Å²) in [6.07, 6.45) is 5.07. The number of aromatic nitrogens is 3. The first-order chi connectivity index (χ1) is 9.34. The number of piperidine rings is 1. The standard InChI is InChI=1S/C13H17N5O.2ClH/c19-13(10-5-1-3-7-14-10)15-9-12-17-16-11-6-2-4-8-18(11)12;;/h2,4,6,8,10,14H,1,3,5,7,9H2,(H,15,19);2*1H/t10-;;/m0../s1. The molecule has 0 aromatic carbocycles. The van der Waals surface area contributed by atoms with Gasteiger partial charge in [0.05, 0.1) is 12.6 Å². The summed E-state index contributed by atoms with van der Waals surface area (Å²) in [5.74, 6) is 0.798. The van der Waals surface area contributed by atoms with Gasteiger partial charge in [-0.3, -0.25) is 9.20 Å². The third kappa shape index (κ3) is 4.06. The maximum Gasteiger partial charge on any atom is 0.237 e. The van der Waals surface area contributed by atoms with E-state index in [0.29, 0.717) is 6.54 Å². The van der Waals surface area contributed by atoms with Crippen LogP contribution in [0.1, 0.15) is 25.1 Å². The molecule has 0 saturated carbocycles. The Labute approximate surface area is 135 Å². The van der Waals surface area contributed by atoms with Crippen molar-refractivity contribution < 1.29 is 4.79 Å². The van der Waals surface area contributed by atoms with Crippen LogP contribution < -0.4 is 10.6 Å². The molecule has 2 aromatic rings. The van der Waals surface area contributed by atoms with Gasteiger partial charge in [-0.25, -0.2) is 0 Å². The molecular formula is C13H19Cl2N5O. The van der Waals surface area contributed by atoms with E-state index >= 15 is 0 Å². The monoisotopic (exact) mass is 331 g/mol. The average Bonchev–Trinajstić information content (AvgIpc) is 2.89. The van der Waals surface area contributed by atoms with E-state index < -0.39 is 0 Å². The zero-order valence-corrected chi connectivity index (χ0v) is 13.1. The highest BCUT2D eigenvalue weighted by atomic mass is 35.5. The van der Waals surface area contributed by atoms with Crippen LogP contribution in [0.2, 0.25) is 0 Å². The van der Waals surface area contributed by atoms with Gasteiger partial charge in [-0.2, -0.15) is 0 Å². The van der Waals surface area contributed by atoms with Crippen LogP contribution in [0.25, 0.3) is 5.65 Å². The summed E-state index contributed by atoms with van der Waals surface area (Å²) in [6.45, 7) is 1.33. The van der Waals surface area contributed by atoms with Crippen molar-refractivity contribution in [2.24, 2.45) is 0 Å². The summed E-state index contributed by atoms with van der Waals surface area (Å²) in [5, 5.41) is 14.3. The summed E-state index contributed by atoms with van der Waals surface area (Å²) in [4.78, 5) is 12.0. The Kier molecular flexibility index (Phi) is 6.87. The van der Waals surface area contributed by atoms with Crippen molar-refractivity contribution in [3.8, 4) is 0 Å².